The van der Waals surface area contributed by atoms with E-state index in [1.807, 2.05) is 40.6 Å². The van der Waals surface area contributed by atoms with Crippen molar-refractivity contribution in [3.05, 3.63) is 88.5 Å². The van der Waals surface area contributed by atoms with E-state index < -0.39 is 0 Å². The van der Waals surface area contributed by atoms with Crippen LogP contribution in [0.3, 0.4) is 0 Å². The van der Waals surface area contributed by atoms with Gasteiger partial charge in [-0.15, -0.1) is 0 Å². The Morgan fingerprint density at radius 2 is 1.10 bits per heavy atom. The topological polar surface area (TPSA) is 207 Å². The molecule has 0 radical (unpaired) electrons. The molecular formula is C46H73N13O2. The van der Waals surface area contributed by atoms with Gasteiger partial charge in [0.15, 0.2) is 0 Å². The van der Waals surface area contributed by atoms with E-state index in [1.54, 1.807) is 0 Å². The highest BCUT2D eigenvalue weighted by molar-refractivity contribution is 5.98. The standard InChI is InChI=1S/C12H18N4O.C12H18N4.C11H19N3.C11H18N2O/c1-6(2)8-5-16(7(3)4)10-9(8)11(17)15-12(13)14-10;1-7(2)9-5-16(8(3)4)12-10(9)11(13)14-6-15-12;1-7(2)10-6-14(8(3)4)9(5)13-11(10)12;1-7(2)10-6-13(8(3)4)9(5)12-11(10)14/h5-7H,1-4H3,(H3,13,14,15,17);5-8H,1-4H3,(H2,13,14,15);6-8H,5H2,1-4H3,(H2,12,13);6-8H,5H2,1-4H3,(H,12,14). The summed E-state index contributed by atoms with van der Waals surface area (Å²) in [5.41, 5.74) is 23.0. The zero-order chi connectivity index (χ0) is 46.4. The molecule has 4 aromatic rings. The number of nitrogens with two attached hydrogens (primary N) is 3. The second-order valence-corrected chi connectivity index (χ2v) is 17.9. The van der Waals surface area contributed by atoms with E-state index in [2.05, 4.69) is 157 Å². The fourth-order valence-corrected chi connectivity index (χ4v) is 6.87. The summed E-state index contributed by atoms with van der Waals surface area (Å²) in [4.78, 5) is 47.0. The smallest absolute Gasteiger partial charge is 0.262 e. The molecule has 15 heteroatoms. The predicted molar refractivity (Wildman–Crippen MR) is 253 cm³/mol. The molecule has 6 rings (SSSR count). The lowest BCUT2D eigenvalue weighted by Gasteiger charge is -2.32. The van der Waals surface area contributed by atoms with E-state index in [9.17, 15) is 9.59 Å². The number of rotatable bonds is 8. The van der Waals surface area contributed by atoms with Crippen LogP contribution in [0.4, 0.5) is 11.8 Å². The largest absolute Gasteiger partial charge is 0.383 e. The Morgan fingerprint density at radius 3 is 1.57 bits per heavy atom. The SMILES string of the molecule is C=C1N=C(N)C(C(C)C)=CN1C(C)C.C=C1NC(=O)C(C(C)C)=CN1C(C)C.CC(C)c1cn(C(C)C)c2nc(N)[nH]c(=O)c12.CC(C)c1cn(C(C)C)c2ncnc(N)c12. The molecule has 0 spiro atoms. The first-order valence-corrected chi connectivity index (χ1v) is 21.3. The van der Waals surface area contributed by atoms with Gasteiger partial charge in [-0.05, 0) is 90.2 Å². The first kappa shape index (κ1) is 49.5. The normalized spacial score (nSPS) is 14.5. The van der Waals surface area contributed by atoms with Crippen molar-refractivity contribution < 1.29 is 4.79 Å². The van der Waals surface area contributed by atoms with Crippen LogP contribution in [0.5, 0.6) is 0 Å². The summed E-state index contributed by atoms with van der Waals surface area (Å²) in [5.74, 6) is 4.04. The van der Waals surface area contributed by atoms with Crippen LogP contribution in [0, 0.1) is 11.8 Å². The van der Waals surface area contributed by atoms with Gasteiger partial charge in [-0.3, -0.25) is 14.6 Å². The van der Waals surface area contributed by atoms with Crippen LogP contribution in [-0.4, -0.2) is 62.7 Å². The van der Waals surface area contributed by atoms with Crippen LogP contribution >= 0.6 is 0 Å². The first-order valence-electron chi connectivity index (χ1n) is 21.3. The van der Waals surface area contributed by atoms with Crippen molar-refractivity contribution in [1.29, 1.82) is 0 Å². The third kappa shape index (κ3) is 11.7. The molecule has 15 nitrogen and oxygen atoms in total. The summed E-state index contributed by atoms with van der Waals surface area (Å²) < 4.78 is 4.15. The summed E-state index contributed by atoms with van der Waals surface area (Å²) >= 11 is 0. The van der Waals surface area contributed by atoms with E-state index >= 15 is 0 Å². The van der Waals surface area contributed by atoms with Crippen molar-refractivity contribution in [3.8, 4) is 0 Å². The highest BCUT2D eigenvalue weighted by Gasteiger charge is 2.24. The Bertz CT molecular complexity index is 2330. The van der Waals surface area contributed by atoms with Crippen molar-refractivity contribution in [2.45, 2.75) is 147 Å². The maximum absolute atomic E-state index is 12.0. The Hall–Kier alpha value is -5.86. The molecule has 1 amide bonds. The molecule has 0 fully saturated rings. The second kappa shape index (κ2) is 20.6. The maximum Gasteiger partial charge on any atom is 0.262 e. The van der Waals surface area contributed by atoms with Gasteiger partial charge in [0.1, 0.15) is 40.9 Å². The minimum absolute atomic E-state index is 0.0260. The number of nitrogen functional groups attached to an aromatic ring is 2. The van der Waals surface area contributed by atoms with Crippen LogP contribution in [-0.2, 0) is 4.79 Å². The third-order valence-electron chi connectivity index (χ3n) is 10.3. The fourth-order valence-electron chi connectivity index (χ4n) is 6.87. The van der Waals surface area contributed by atoms with E-state index in [0.29, 0.717) is 58.5 Å². The average Bonchev–Trinajstić information content (AvgIpc) is 3.73. The summed E-state index contributed by atoms with van der Waals surface area (Å²) in [5, 5.41) is 4.43. The Morgan fingerprint density at radius 1 is 0.607 bits per heavy atom. The van der Waals surface area contributed by atoms with E-state index in [1.165, 1.54) is 11.9 Å². The van der Waals surface area contributed by atoms with Crippen LogP contribution in [0.15, 0.2) is 76.9 Å². The van der Waals surface area contributed by atoms with Crippen LogP contribution in [0.1, 0.15) is 146 Å². The van der Waals surface area contributed by atoms with Crippen LogP contribution < -0.4 is 28.1 Å². The van der Waals surface area contributed by atoms with E-state index in [-0.39, 0.29) is 35.3 Å². The second-order valence-electron chi connectivity index (χ2n) is 17.9. The highest BCUT2D eigenvalue weighted by atomic mass is 16.2. The molecule has 8 N–H and O–H groups in total. The van der Waals surface area contributed by atoms with Crippen LogP contribution in [0.25, 0.3) is 22.1 Å². The minimum atomic E-state index is -0.157. The van der Waals surface area contributed by atoms with E-state index in [4.69, 9.17) is 17.2 Å². The van der Waals surface area contributed by atoms with Gasteiger partial charge < -0.3 is 41.5 Å². The molecule has 0 aliphatic carbocycles. The number of carbonyl (C=O) groups is 1. The third-order valence-corrected chi connectivity index (χ3v) is 10.3. The van der Waals surface area contributed by atoms with E-state index in [0.717, 1.165) is 33.6 Å². The average molecular weight is 840 g/mol. The van der Waals surface area contributed by atoms with Gasteiger partial charge in [0, 0.05) is 60.1 Å². The summed E-state index contributed by atoms with van der Waals surface area (Å²) in [6, 6.07) is 1.31. The number of carbonyl (C=O) groups excluding carboxylic acids is 1. The Kier molecular flexibility index (Phi) is 16.7. The van der Waals surface area contributed by atoms with Crippen molar-refractivity contribution in [3.63, 3.8) is 0 Å². The van der Waals surface area contributed by atoms with Gasteiger partial charge in [0.25, 0.3) is 11.5 Å². The van der Waals surface area contributed by atoms with Gasteiger partial charge in [-0.25, -0.2) is 15.0 Å². The maximum atomic E-state index is 12.0. The summed E-state index contributed by atoms with van der Waals surface area (Å²) in [7, 11) is 0. The first-order chi connectivity index (χ1) is 28.3. The van der Waals surface area contributed by atoms with Gasteiger partial charge in [0.05, 0.1) is 10.8 Å². The van der Waals surface area contributed by atoms with Crippen molar-refractivity contribution in [2.75, 3.05) is 11.5 Å². The molecule has 61 heavy (non-hydrogen) atoms. The lowest BCUT2D eigenvalue weighted by molar-refractivity contribution is -0.118. The zero-order valence-corrected chi connectivity index (χ0v) is 39.5. The Labute approximate surface area is 363 Å². The monoisotopic (exact) mass is 840 g/mol. The molecule has 6 heterocycles. The summed E-state index contributed by atoms with van der Waals surface area (Å²) in [6.07, 6.45) is 9.63. The number of H-pyrrole nitrogens is 1. The number of aromatic nitrogens is 6. The van der Waals surface area contributed by atoms with Crippen LogP contribution in [0.2, 0.25) is 0 Å². The molecular weight excluding hydrogens is 767 g/mol. The molecule has 0 aromatic carbocycles. The molecule has 0 unspecified atom stereocenters. The van der Waals surface area contributed by atoms with Crippen molar-refractivity contribution in [1.82, 2.24) is 44.2 Å². The zero-order valence-electron chi connectivity index (χ0n) is 39.5. The molecule has 2 aliphatic rings. The molecule has 0 bridgehead atoms. The van der Waals surface area contributed by atoms with Gasteiger partial charge in [-0.2, -0.15) is 4.98 Å². The fraction of sp³-hybridized carbons (Fsp3) is 0.522. The Balaban J connectivity index is 0.000000218. The molecule has 2 aliphatic heterocycles. The van der Waals surface area contributed by atoms with Gasteiger partial charge in [-0.1, -0.05) is 68.5 Å². The lowest BCUT2D eigenvalue weighted by atomic mass is 10.0. The minimum Gasteiger partial charge on any atom is -0.383 e. The quantitative estimate of drug-likeness (QED) is 0.114. The molecule has 0 saturated heterocycles. The number of anilines is 2. The van der Waals surface area contributed by atoms with Gasteiger partial charge >= 0.3 is 0 Å². The molecule has 4 aromatic heterocycles. The number of aliphatic imine (C=N–C) groups is 1. The van der Waals surface area contributed by atoms with Crippen molar-refractivity contribution in [2.24, 2.45) is 22.6 Å². The molecule has 334 valence electrons. The number of nitrogens with zero attached hydrogens (tertiary/aromatic N) is 8. The number of hydrogen-bond acceptors (Lipinski definition) is 11. The number of hydrogen-bond donors (Lipinski definition) is 5. The number of aromatic amines is 1. The number of nitrogens with one attached hydrogen (secondary N) is 2. The van der Waals surface area contributed by atoms with Gasteiger partial charge in [0.2, 0.25) is 5.95 Å². The number of amidine groups is 1. The van der Waals surface area contributed by atoms with Crippen molar-refractivity contribution >= 4 is 45.6 Å². The number of fused-ring (bicyclic) bond motifs is 2. The molecule has 0 atom stereocenters. The lowest BCUT2D eigenvalue weighted by Crippen LogP contribution is -2.41. The predicted octanol–water partition coefficient (Wildman–Crippen LogP) is 8.65. The molecule has 0 saturated carbocycles. The highest BCUT2D eigenvalue weighted by Crippen LogP contribution is 2.31. The number of amides is 1. The summed E-state index contributed by atoms with van der Waals surface area (Å²) in [6.45, 7) is 41.1.